The lowest BCUT2D eigenvalue weighted by Crippen LogP contribution is -2.35. The van der Waals surface area contributed by atoms with E-state index >= 15 is 0 Å². The molecule has 0 amide bonds. The summed E-state index contributed by atoms with van der Waals surface area (Å²) in [6.45, 7) is 0.701. The Kier molecular flexibility index (Phi) is 4.80. The van der Waals surface area contributed by atoms with Gasteiger partial charge in [0.25, 0.3) is 5.56 Å². The number of rotatable bonds is 4. The average molecular weight is 479 g/mol. The third kappa shape index (κ3) is 3.39. The van der Waals surface area contributed by atoms with Crippen LogP contribution >= 0.6 is 11.6 Å². The van der Waals surface area contributed by atoms with E-state index in [-0.39, 0.29) is 33.8 Å². The average Bonchev–Trinajstić information content (AvgIpc) is 3.35. The van der Waals surface area contributed by atoms with Crippen molar-refractivity contribution in [1.82, 2.24) is 24.7 Å². The van der Waals surface area contributed by atoms with Crippen molar-refractivity contribution < 1.29 is 13.9 Å². The number of ether oxygens (including phenoxy) is 2. The van der Waals surface area contributed by atoms with Gasteiger partial charge in [0.05, 0.1) is 34.7 Å². The van der Waals surface area contributed by atoms with Gasteiger partial charge in [-0.3, -0.25) is 14.5 Å². The Morgan fingerprint density at radius 3 is 2.91 bits per heavy atom. The molecule has 0 radical (unpaired) electrons. The second kappa shape index (κ2) is 7.99. The lowest BCUT2D eigenvalue weighted by Gasteiger charge is -2.26. The molecule has 3 aromatic heterocycles. The summed E-state index contributed by atoms with van der Waals surface area (Å²) in [4.78, 5) is 22.2. The molecule has 0 saturated heterocycles. The third-order valence-corrected chi connectivity index (χ3v) is 5.76. The summed E-state index contributed by atoms with van der Waals surface area (Å²) in [6.07, 6.45) is 2.66. The molecule has 1 aliphatic heterocycles. The number of aromatic nitrogens is 5. The molecule has 1 aliphatic rings. The van der Waals surface area contributed by atoms with Crippen molar-refractivity contribution in [3.8, 4) is 17.2 Å². The van der Waals surface area contributed by atoms with Crippen LogP contribution in [0.1, 0.15) is 0 Å². The van der Waals surface area contributed by atoms with Crippen molar-refractivity contribution in [3.05, 3.63) is 76.1 Å². The van der Waals surface area contributed by atoms with E-state index in [9.17, 15) is 9.18 Å². The van der Waals surface area contributed by atoms with E-state index in [4.69, 9.17) is 21.1 Å². The van der Waals surface area contributed by atoms with E-state index in [0.717, 1.165) is 0 Å². The largest absolute Gasteiger partial charge is 0.486 e. The zero-order valence-electron chi connectivity index (χ0n) is 17.5. The fourth-order valence-corrected chi connectivity index (χ4v) is 4.09. The topological polar surface area (TPSA) is 107 Å². The number of anilines is 1. The number of hydrogen-bond acceptors (Lipinski definition) is 7. The lowest BCUT2D eigenvalue weighted by atomic mass is 10.2. The molecule has 34 heavy (non-hydrogen) atoms. The number of nitrogens with one attached hydrogen (secondary N) is 2. The normalized spacial score (nSPS) is 15.1. The van der Waals surface area contributed by atoms with Gasteiger partial charge in [0.2, 0.25) is 5.95 Å². The maximum absolute atomic E-state index is 14.8. The first-order valence-corrected chi connectivity index (χ1v) is 10.8. The van der Waals surface area contributed by atoms with Gasteiger partial charge in [-0.25, -0.2) is 9.37 Å². The Morgan fingerprint density at radius 2 is 2.03 bits per heavy atom. The molecular weight excluding hydrogens is 463 g/mol. The van der Waals surface area contributed by atoms with Crippen LogP contribution in [0.5, 0.6) is 11.5 Å². The molecule has 9 nitrogen and oxygen atoms in total. The van der Waals surface area contributed by atoms with Crippen LogP contribution in [0.25, 0.3) is 27.6 Å². The van der Waals surface area contributed by atoms with Gasteiger partial charge in [0.15, 0.2) is 17.1 Å². The highest BCUT2D eigenvalue weighted by Gasteiger charge is 2.22. The zero-order valence-corrected chi connectivity index (χ0v) is 18.2. The van der Waals surface area contributed by atoms with E-state index in [1.807, 2.05) is 24.3 Å². The first-order chi connectivity index (χ1) is 16.6. The Balaban J connectivity index is 1.40. The molecule has 0 spiro atoms. The number of pyridine rings is 1. The Labute approximate surface area is 196 Å². The minimum Gasteiger partial charge on any atom is -0.486 e. The smallest absolute Gasteiger partial charge is 0.267 e. The zero-order chi connectivity index (χ0) is 23.2. The summed E-state index contributed by atoms with van der Waals surface area (Å²) in [5, 5.41) is 10.9. The molecule has 0 saturated carbocycles. The van der Waals surface area contributed by atoms with Crippen molar-refractivity contribution in [2.24, 2.45) is 0 Å². The molecule has 2 aromatic carbocycles. The summed E-state index contributed by atoms with van der Waals surface area (Å²) < 4.78 is 27.6. The van der Waals surface area contributed by atoms with Gasteiger partial charge in [-0.1, -0.05) is 23.7 Å². The number of halogens is 2. The number of benzene rings is 2. The summed E-state index contributed by atoms with van der Waals surface area (Å²) >= 11 is 6.10. The maximum atomic E-state index is 14.8. The quantitative estimate of drug-likeness (QED) is 0.405. The minimum atomic E-state index is -0.616. The van der Waals surface area contributed by atoms with Crippen molar-refractivity contribution >= 4 is 39.5 Å². The van der Waals surface area contributed by atoms with Crippen LogP contribution in [0.4, 0.5) is 10.3 Å². The number of H-pyrrole nitrogens is 1. The number of fused-ring (bicyclic) bond motifs is 4. The first-order valence-electron chi connectivity index (χ1n) is 10.4. The van der Waals surface area contributed by atoms with Gasteiger partial charge in [-0.05, 0) is 30.3 Å². The molecule has 2 N–H and O–H groups in total. The van der Waals surface area contributed by atoms with Crippen molar-refractivity contribution in [2.45, 2.75) is 6.10 Å². The van der Waals surface area contributed by atoms with Gasteiger partial charge in [-0.15, -0.1) is 0 Å². The molecule has 170 valence electrons. The number of para-hydroxylation sites is 2. The minimum absolute atomic E-state index is 0.0177. The lowest BCUT2D eigenvalue weighted by molar-refractivity contribution is 0.0996. The van der Waals surface area contributed by atoms with Crippen LogP contribution in [0.3, 0.4) is 0 Å². The Hall–Kier alpha value is -4.18. The second-order valence-corrected chi connectivity index (χ2v) is 8.14. The van der Waals surface area contributed by atoms with E-state index in [2.05, 4.69) is 25.5 Å². The third-order valence-electron chi connectivity index (χ3n) is 5.53. The van der Waals surface area contributed by atoms with Crippen molar-refractivity contribution in [1.29, 1.82) is 0 Å². The first kappa shape index (κ1) is 20.4. The molecule has 0 fully saturated rings. The summed E-state index contributed by atoms with van der Waals surface area (Å²) in [6, 6.07) is 11.4. The van der Waals surface area contributed by atoms with Crippen LogP contribution in [-0.4, -0.2) is 44.0 Å². The number of nitrogens with zero attached hydrogens (tertiary/aromatic N) is 4. The van der Waals surface area contributed by atoms with Gasteiger partial charge in [-0.2, -0.15) is 10.1 Å². The van der Waals surface area contributed by atoms with Crippen LogP contribution in [0.2, 0.25) is 5.02 Å². The molecule has 1 atom stereocenters. The predicted molar refractivity (Wildman–Crippen MR) is 125 cm³/mol. The molecule has 5 aromatic rings. The standard InChI is InChI=1S/C23H16ClFN6O3/c24-12-5-6-16(25)17(7-12)31-21-14(20-15(22(31)32)10-28-30-20)9-27-23(29-21)26-8-13-11-33-18-3-1-2-4-19(18)34-13/h1-7,9-10,13H,8,11H2,(H,28,30)(H,26,27,29). The Morgan fingerprint density at radius 1 is 1.18 bits per heavy atom. The fraction of sp³-hybridized carbons (Fsp3) is 0.130. The Bertz CT molecular complexity index is 1620. The second-order valence-electron chi connectivity index (χ2n) is 7.70. The highest BCUT2D eigenvalue weighted by atomic mass is 35.5. The van der Waals surface area contributed by atoms with Crippen LogP contribution in [0.15, 0.2) is 59.7 Å². The molecular formula is C23H16ClFN6O3. The summed E-state index contributed by atoms with van der Waals surface area (Å²) in [7, 11) is 0. The van der Waals surface area contributed by atoms with E-state index < -0.39 is 11.4 Å². The van der Waals surface area contributed by atoms with E-state index in [0.29, 0.717) is 35.6 Å². The molecule has 6 rings (SSSR count). The molecule has 0 aliphatic carbocycles. The van der Waals surface area contributed by atoms with Crippen molar-refractivity contribution in [3.63, 3.8) is 0 Å². The van der Waals surface area contributed by atoms with Crippen LogP contribution in [-0.2, 0) is 0 Å². The predicted octanol–water partition coefficient (Wildman–Crippen LogP) is 3.70. The highest BCUT2D eigenvalue weighted by molar-refractivity contribution is 6.30. The van der Waals surface area contributed by atoms with Crippen LogP contribution in [0, 0.1) is 5.82 Å². The van der Waals surface area contributed by atoms with Crippen molar-refractivity contribution in [2.75, 3.05) is 18.5 Å². The molecule has 11 heteroatoms. The van der Waals surface area contributed by atoms with E-state index in [1.165, 1.54) is 29.0 Å². The van der Waals surface area contributed by atoms with Gasteiger partial charge in [0.1, 0.15) is 18.5 Å². The highest BCUT2D eigenvalue weighted by Crippen LogP contribution is 2.31. The van der Waals surface area contributed by atoms with Gasteiger partial charge < -0.3 is 14.8 Å². The SMILES string of the molecule is O=c1c2cn[nH]c2c2cnc(NCC3COc4ccccc4O3)nc2n1-c1cc(Cl)ccc1F. The monoisotopic (exact) mass is 478 g/mol. The molecule has 4 heterocycles. The van der Waals surface area contributed by atoms with Gasteiger partial charge >= 0.3 is 0 Å². The number of hydrogen-bond donors (Lipinski definition) is 2. The van der Waals surface area contributed by atoms with Gasteiger partial charge in [0, 0.05) is 11.2 Å². The summed E-state index contributed by atoms with van der Waals surface area (Å²) in [5.74, 6) is 0.975. The molecule has 0 bridgehead atoms. The summed E-state index contributed by atoms with van der Waals surface area (Å²) in [5.41, 5.74) is 0.163. The van der Waals surface area contributed by atoms with Crippen LogP contribution < -0.4 is 20.3 Å². The van der Waals surface area contributed by atoms with E-state index in [1.54, 1.807) is 6.20 Å². The molecule has 1 unspecified atom stereocenters. The fourth-order valence-electron chi connectivity index (χ4n) is 3.92. The maximum Gasteiger partial charge on any atom is 0.267 e. The number of aromatic amines is 1.